The molecule has 1 aromatic heterocycles. The summed E-state index contributed by atoms with van der Waals surface area (Å²) in [7, 11) is 0. The molecule has 0 saturated carbocycles. The Morgan fingerprint density at radius 2 is 2.29 bits per heavy atom. The number of aromatic nitrogens is 1. The van der Waals surface area contributed by atoms with Gasteiger partial charge < -0.3 is 20.1 Å². The zero-order valence-corrected chi connectivity index (χ0v) is 16.2. The highest BCUT2D eigenvalue weighted by molar-refractivity contribution is 5.94. The Hall–Kier alpha value is -2.15. The Morgan fingerprint density at radius 1 is 1.43 bits per heavy atom. The molecule has 5 rings (SSSR count). The summed E-state index contributed by atoms with van der Waals surface area (Å²) in [6.45, 7) is 3.94. The van der Waals surface area contributed by atoms with Crippen LogP contribution in [0.1, 0.15) is 54.2 Å². The lowest BCUT2D eigenvalue weighted by Gasteiger charge is -2.29. The first kappa shape index (κ1) is 17.9. The first-order valence-electron chi connectivity index (χ1n) is 10.5. The summed E-state index contributed by atoms with van der Waals surface area (Å²) in [4.78, 5) is 30.6. The Kier molecular flexibility index (Phi) is 4.12. The second-order valence-electron chi connectivity index (χ2n) is 8.69. The van der Waals surface area contributed by atoms with Crippen molar-refractivity contribution in [3.63, 3.8) is 0 Å². The molecule has 3 saturated heterocycles. The number of carboxylic acids is 1. The highest BCUT2D eigenvalue weighted by atomic mass is 16.5. The topological polar surface area (TPSA) is 91.8 Å². The molecule has 1 spiro atoms. The molecule has 7 heteroatoms. The first-order chi connectivity index (χ1) is 13.5. The fourth-order valence-corrected chi connectivity index (χ4v) is 5.84. The number of hydrogen-bond donors (Lipinski definition) is 2. The van der Waals surface area contributed by atoms with E-state index in [0.29, 0.717) is 36.8 Å². The lowest BCUT2D eigenvalue weighted by Crippen LogP contribution is -2.41. The highest BCUT2D eigenvalue weighted by Gasteiger charge is 2.63. The molecule has 2 bridgehead atoms. The van der Waals surface area contributed by atoms with E-state index in [1.807, 2.05) is 13.0 Å². The van der Waals surface area contributed by atoms with Crippen molar-refractivity contribution in [3.05, 3.63) is 22.9 Å². The normalized spacial score (nSPS) is 32.5. The van der Waals surface area contributed by atoms with Crippen LogP contribution in [0.5, 0.6) is 0 Å². The number of carbonyl (C=O) groups is 2. The molecule has 2 N–H and O–H groups in total. The molecule has 0 unspecified atom stereocenters. The van der Waals surface area contributed by atoms with Crippen molar-refractivity contribution in [3.8, 4) is 0 Å². The van der Waals surface area contributed by atoms with Gasteiger partial charge in [-0.15, -0.1) is 0 Å². The molecular weight excluding hydrogens is 358 g/mol. The predicted octanol–water partition coefficient (Wildman–Crippen LogP) is 1.78. The third kappa shape index (κ3) is 2.63. The van der Waals surface area contributed by atoms with Gasteiger partial charge in [0.2, 0.25) is 5.91 Å². The SMILES string of the molecule is CCC(=O)NC[C@H]1[C@H]2CN(c3nc4c(cc3C(=O)O)CCC4)C[C@]23CC[C@H]1O3. The minimum Gasteiger partial charge on any atom is -0.478 e. The Labute approximate surface area is 164 Å². The van der Waals surface area contributed by atoms with Crippen LogP contribution < -0.4 is 10.2 Å². The van der Waals surface area contributed by atoms with Gasteiger partial charge in [-0.2, -0.15) is 0 Å². The van der Waals surface area contributed by atoms with E-state index in [1.54, 1.807) is 0 Å². The zero-order valence-electron chi connectivity index (χ0n) is 16.2. The van der Waals surface area contributed by atoms with Gasteiger partial charge in [-0.1, -0.05) is 6.92 Å². The minimum atomic E-state index is -0.913. The number of nitrogens with zero attached hydrogens (tertiary/aromatic N) is 2. The number of hydrogen-bond acceptors (Lipinski definition) is 5. The van der Waals surface area contributed by atoms with Crippen LogP contribution in [0.3, 0.4) is 0 Å². The van der Waals surface area contributed by atoms with Crippen molar-refractivity contribution in [2.75, 3.05) is 24.5 Å². The maximum atomic E-state index is 11.9. The Morgan fingerprint density at radius 3 is 3.07 bits per heavy atom. The summed E-state index contributed by atoms with van der Waals surface area (Å²) in [6, 6.07) is 1.83. The second-order valence-corrected chi connectivity index (χ2v) is 8.69. The van der Waals surface area contributed by atoms with Gasteiger partial charge in [0, 0.05) is 43.6 Å². The van der Waals surface area contributed by atoms with Gasteiger partial charge in [-0.25, -0.2) is 9.78 Å². The van der Waals surface area contributed by atoms with Crippen LogP contribution in [0.4, 0.5) is 5.82 Å². The number of amides is 1. The quantitative estimate of drug-likeness (QED) is 0.803. The zero-order chi connectivity index (χ0) is 19.5. The fourth-order valence-electron chi connectivity index (χ4n) is 5.84. The van der Waals surface area contributed by atoms with E-state index in [0.717, 1.165) is 49.9 Å². The number of ether oxygens (including phenoxy) is 1. The maximum absolute atomic E-state index is 11.9. The lowest BCUT2D eigenvalue weighted by molar-refractivity contribution is -0.121. The third-order valence-electron chi connectivity index (χ3n) is 7.20. The molecule has 28 heavy (non-hydrogen) atoms. The molecule has 4 aliphatic rings. The van der Waals surface area contributed by atoms with Crippen molar-refractivity contribution >= 4 is 17.7 Å². The number of aryl methyl sites for hydroxylation is 2. The molecule has 1 aliphatic carbocycles. The molecule has 0 radical (unpaired) electrons. The number of fused-ring (bicyclic) bond motifs is 2. The van der Waals surface area contributed by atoms with Crippen molar-refractivity contribution in [1.29, 1.82) is 0 Å². The maximum Gasteiger partial charge on any atom is 0.339 e. The van der Waals surface area contributed by atoms with Crippen LogP contribution in [0.15, 0.2) is 6.07 Å². The third-order valence-corrected chi connectivity index (χ3v) is 7.20. The summed E-state index contributed by atoms with van der Waals surface area (Å²) in [6.07, 6.45) is 5.60. The predicted molar refractivity (Wildman–Crippen MR) is 103 cm³/mol. The second kappa shape index (κ2) is 6.44. The number of carbonyl (C=O) groups excluding carboxylic acids is 1. The average molecular weight is 385 g/mol. The molecule has 7 nitrogen and oxygen atoms in total. The van der Waals surface area contributed by atoms with Crippen LogP contribution in [0.2, 0.25) is 0 Å². The molecule has 1 aromatic rings. The average Bonchev–Trinajstić information content (AvgIpc) is 3.43. The van der Waals surface area contributed by atoms with Crippen LogP contribution in [-0.4, -0.2) is 53.3 Å². The van der Waals surface area contributed by atoms with E-state index in [-0.39, 0.29) is 23.5 Å². The minimum absolute atomic E-state index is 0.0696. The molecule has 4 heterocycles. The van der Waals surface area contributed by atoms with E-state index in [4.69, 9.17) is 9.72 Å². The summed E-state index contributed by atoms with van der Waals surface area (Å²) in [5, 5.41) is 12.8. The monoisotopic (exact) mass is 385 g/mol. The van der Waals surface area contributed by atoms with Crippen LogP contribution in [0.25, 0.3) is 0 Å². The molecule has 3 aliphatic heterocycles. The van der Waals surface area contributed by atoms with Crippen molar-refractivity contribution in [2.24, 2.45) is 11.8 Å². The molecule has 1 amide bonds. The Balaban J connectivity index is 1.43. The van der Waals surface area contributed by atoms with Crippen molar-refractivity contribution in [1.82, 2.24) is 10.3 Å². The number of carboxylic acid groups (broad SMARTS) is 1. The molecule has 0 aromatic carbocycles. The number of nitrogens with one attached hydrogen (secondary N) is 1. The smallest absolute Gasteiger partial charge is 0.339 e. The van der Waals surface area contributed by atoms with Gasteiger partial charge >= 0.3 is 5.97 Å². The van der Waals surface area contributed by atoms with E-state index >= 15 is 0 Å². The highest BCUT2D eigenvalue weighted by Crippen LogP contribution is 2.55. The van der Waals surface area contributed by atoms with E-state index in [9.17, 15) is 14.7 Å². The standard InChI is InChI=1S/C21H27N3O4/c1-2-18(25)22-9-14-15-10-24(11-21(15)7-6-17(14)28-21)19-13(20(26)27)8-12-4-3-5-16(12)23-19/h8,14-15,17H,2-7,9-11H2,1H3,(H,22,25)(H,26,27)/t14-,15+,17+,21+/m0/s1. The Bertz CT molecular complexity index is 841. The van der Waals surface area contributed by atoms with E-state index in [2.05, 4.69) is 10.2 Å². The van der Waals surface area contributed by atoms with Crippen LogP contribution in [0, 0.1) is 11.8 Å². The van der Waals surface area contributed by atoms with Gasteiger partial charge in [0.25, 0.3) is 0 Å². The first-order valence-corrected chi connectivity index (χ1v) is 10.5. The van der Waals surface area contributed by atoms with Gasteiger partial charge in [-0.05, 0) is 43.7 Å². The molecule has 150 valence electrons. The number of anilines is 1. The molecule has 3 fully saturated rings. The van der Waals surface area contributed by atoms with Crippen LogP contribution >= 0.6 is 0 Å². The van der Waals surface area contributed by atoms with Crippen LogP contribution in [-0.2, 0) is 22.4 Å². The van der Waals surface area contributed by atoms with Gasteiger partial charge in [0.1, 0.15) is 11.4 Å². The summed E-state index contributed by atoms with van der Waals surface area (Å²) < 4.78 is 6.44. The molecular formula is C21H27N3O4. The number of aromatic carboxylic acids is 1. The summed E-state index contributed by atoms with van der Waals surface area (Å²) in [5.74, 6) is 0.348. The number of rotatable bonds is 5. The van der Waals surface area contributed by atoms with Crippen molar-refractivity contribution < 1.29 is 19.4 Å². The van der Waals surface area contributed by atoms with Gasteiger partial charge in [0.15, 0.2) is 0 Å². The summed E-state index contributed by atoms with van der Waals surface area (Å²) in [5.41, 5.74) is 2.22. The van der Waals surface area contributed by atoms with E-state index in [1.165, 1.54) is 0 Å². The lowest BCUT2D eigenvalue weighted by atomic mass is 9.73. The number of pyridine rings is 1. The van der Waals surface area contributed by atoms with Crippen molar-refractivity contribution in [2.45, 2.75) is 57.2 Å². The van der Waals surface area contributed by atoms with Gasteiger partial charge in [0.05, 0.1) is 11.7 Å². The largest absolute Gasteiger partial charge is 0.478 e. The van der Waals surface area contributed by atoms with Gasteiger partial charge in [-0.3, -0.25) is 4.79 Å². The summed E-state index contributed by atoms with van der Waals surface area (Å²) >= 11 is 0. The van der Waals surface area contributed by atoms with E-state index < -0.39 is 5.97 Å². The molecule has 4 atom stereocenters. The fraction of sp³-hybridized carbons (Fsp3) is 0.667.